The van der Waals surface area contributed by atoms with E-state index in [0.717, 1.165) is 5.56 Å². The molecule has 0 unspecified atom stereocenters. The molecule has 1 saturated heterocycles. The van der Waals surface area contributed by atoms with Crippen molar-refractivity contribution >= 4 is 18.0 Å². The number of aliphatic carboxylic acids is 2. The molecule has 1 aliphatic rings. The fourth-order valence-electron chi connectivity index (χ4n) is 3.47. The van der Waals surface area contributed by atoms with E-state index in [-0.39, 0.29) is 17.7 Å². The lowest BCUT2D eigenvalue weighted by atomic mass is 9.97. The summed E-state index contributed by atoms with van der Waals surface area (Å²) in [6, 6.07) is 4.62. The van der Waals surface area contributed by atoms with Gasteiger partial charge in [-0.1, -0.05) is 12.1 Å². The summed E-state index contributed by atoms with van der Waals surface area (Å²) < 4.78 is 10.8. The highest BCUT2D eigenvalue weighted by atomic mass is 16.6. The van der Waals surface area contributed by atoms with Crippen molar-refractivity contribution in [3.05, 3.63) is 29.3 Å². The number of rotatable bonds is 6. The number of hydrogen-bond acceptors (Lipinski definition) is 6. The van der Waals surface area contributed by atoms with Gasteiger partial charge in [0.15, 0.2) is 5.92 Å². The van der Waals surface area contributed by atoms with Crippen LogP contribution in [-0.2, 0) is 20.9 Å². The van der Waals surface area contributed by atoms with Gasteiger partial charge in [0.25, 0.3) is 0 Å². The smallest absolute Gasteiger partial charge is 0.410 e. The van der Waals surface area contributed by atoms with Crippen molar-refractivity contribution in [1.29, 1.82) is 0 Å². The number of carboxylic acid groups (broad SMARTS) is 2. The first kappa shape index (κ1) is 23.5. The second-order valence-corrected chi connectivity index (χ2v) is 8.44. The predicted molar refractivity (Wildman–Crippen MR) is 109 cm³/mol. The van der Waals surface area contributed by atoms with E-state index in [1.807, 2.05) is 27.7 Å². The quantitative estimate of drug-likeness (QED) is 0.671. The average Bonchev–Trinajstić information content (AvgIpc) is 2.60. The van der Waals surface area contributed by atoms with Crippen molar-refractivity contribution in [2.75, 3.05) is 26.7 Å². The molecule has 2 N–H and O–H groups in total. The molecule has 0 saturated carbocycles. The van der Waals surface area contributed by atoms with Gasteiger partial charge < -0.3 is 24.6 Å². The maximum absolute atomic E-state index is 12.4. The van der Waals surface area contributed by atoms with Crippen molar-refractivity contribution in [2.45, 2.75) is 51.8 Å². The molecule has 1 atom stereocenters. The molecule has 0 radical (unpaired) electrons. The Kier molecular flexibility index (Phi) is 7.30. The minimum absolute atomic E-state index is 0.0396. The van der Waals surface area contributed by atoms with Gasteiger partial charge in [-0.05, 0) is 39.3 Å². The summed E-state index contributed by atoms with van der Waals surface area (Å²) in [5.41, 5.74) is 0.416. The molecule has 2 rings (SSSR count). The molecule has 9 nitrogen and oxygen atoms in total. The van der Waals surface area contributed by atoms with E-state index in [2.05, 4.69) is 4.90 Å². The first-order valence-electron chi connectivity index (χ1n) is 9.77. The molecule has 0 bridgehead atoms. The first-order chi connectivity index (χ1) is 13.9. The summed E-state index contributed by atoms with van der Waals surface area (Å²) in [5.74, 6) is -4.07. The molecular formula is C21H30N2O7. The Morgan fingerprint density at radius 2 is 1.80 bits per heavy atom. The number of carboxylic acids is 2. The highest BCUT2D eigenvalue weighted by Gasteiger charge is 2.32. The number of methoxy groups -OCH3 is 1. The van der Waals surface area contributed by atoms with Crippen LogP contribution in [0.4, 0.5) is 4.79 Å². The van der Waals surface area contributed by atoms with Crippen LogP contribution in [0.5, 0.6) is 5.75 Å². The number of ether oxygens (including phenoxy) is 2. The zero-order valence-corrected chi connectivity index (χ0v) is 18.0. The summed E-state index contributed by atoms with van der Waals surface area (Å²) >= 11 is 0. The van der Waals surface area contributed by atoms with Crippen LogP contribution in [0.25, 0.3) is 0 Å². The molecule has 0 aromatic heterocycles. The van der Waals surface area contributed by atoms with Gasteiger partial charge in [-0.2, -0.15) is 0 Å². The normalized spacial score (nSPS) is 17.7. The zero-order chi connectivity index (χ0) is 22.6. The number of nitrogens with zero attached hydrogens (tertiary/aromatic N) is 2. The molecule has 30 heavy (non-hydrogen) atoms. The fourth-order valence-corrected chi connectivity index (χ4v) is 3.47. The third-order valence-electron chi connectivity index (χ3n) is 4.87. The van der Waals surface area contributed by atoms with E-state index in [1.165, 1.54) is 19.2 Å². The molecule has 1 amide bonds. The minimum Gasteiger partial charge on any atom is -0.496 e. The monoisotopic (exact) mass is 422 g/mol. The van der Waals surface area contributed by atoms with Crippen LogP contribution in [0.15, 0.2) is 18.2 Å². The van der Waals surface area contributed by atoms with E-state index >= 15 is 0 Å². The van der Waals surface area contributed by atoms with E-state index in [1.54, 1.807) is 11.0 Å². The lowest BCUT2D eigenvalue weighted by Crippen LogP contribution is -2.54. The SMILES string of the molecule is COc1cc(C(C(=O)O)C(=O)O)ccc1CN1CCN(C(=O)OC(C)(C)C)[C@@H](C)C1. The fraction of sp³-hybridized carbons (Fsp3) is 0.571. The van der Waals surface area contributed by atoms with Crippen molar-refractivity contribution in [1.82, 2.24) is 9.80 Å². The number of hydrogen-bond donors (Lipinski definition) is 2. The summed E-state index contributed by atoms with van der Waals surface area (Å²) in [6.07, 6.45) is -0.329. The van der Waals surface area contributed by atoms with Crippen LogP contribution in [0, 0.1) is 0 Å². The number of carbonyl (C=O) groups excluding carboxylic acids is 1. The lowest BCUT2D eigenvalue weighted by molar-refractivity contribution is -0.150. The maximum Gasteiger partial charge on any atom is 0.410 e. The highest BCUT2D eigenvalue weighted by Crippen LogP contribution is 2.27. The van der Waals surface area contributed by atoms with Crippen LogP contribution < -0.4 is 4.74 Å². The van der Waals surface area contributed by atoms with Crippen LogP contribution in [0.2, 0.25) is 0 Å². The van der Waals surface area contributed by atoms with E-state index in [4.69, 9.17) is 9.47 Å². The third-order valence-corrected chi connectivity index (χ3v) is 4.87. The number of benzene rings is 1. The standard InChI is InChI=1S/C21H30N2O7/c1-13-11-22(8-9-23(13)20(28)30-21(2,3)4)12-15-7-6-14(10-16(15)29-5)17(18(24)25)19(26)27/h6-7,10,13,17H,8-9,11-12H2,1-5H3,(H,24,25)(H,26,27)/t13-/m0/s1. The van der Waals surface area contributed by atoms with Gasteiger partial charge in [-0.25, -0.2) is 4.79 Å². The Hall–Kier alpha value is -2.81. The molecular weight excluding hydrogens is 392 g/mol. The molecule has 1 aliphatic heterocycles. The molecule has 9 heteroatoms. The Bertz CT molecular complexity index is 789. The number of piperazine rings is 1. The molecule has 1 aromatic rings. The third kappa shape index (κ3) is 5.85. The summed E-state index contributed by atoms with van der Waals surface area (Å²) in [5, 5.41) is 18.4. The van der Waals surface area contributed by atoms with Gasteiger partial charge in [-0.3, -0.25) is 14.5 Å². The van der Waals surface area contributed by atoms with Crippen molar-refractivity contribution < 1.29 is 34.1 Å². The van der Waals surface area contributed by atoms with Crippen LogP contribution >= 0.6 is 0 Å². The largest absolute Gasteiger partial charge is 0.496 e. The van der Waals surface area contributed by atoms with Crippen LogP contribution in [0.1, 0.15) is 44.7 Å². The van der Waals surface area contributed by atoms with Crippen molar-refractivity contribution in [2.24, 2.45) is 0 Å². The van der Waals surface area contributed by atoms with E-state index < -0.39 is 23.5 Å². The lowest BCUT2D eigenvalue weighted by Gasteiger charge is -2.40. The van der Waals surface area contributed by atoms with Crippen molar-refractivity contribution in [3.8, 4) is 5.75 Å². The minimum atomic E-state index is -1.65. The molecule has 166 valence electrons. The van der Waals surface area contributed by atoms with Gasteiger partial charge in [-0.15, -0.1) is 0 Å². The van der Waals surface area contributed by atoms with E-state index in [0.29, 0.717) is 31.9 Å². The summed E-state index contributed by atoms with van der Waals surface area (Å²) in [7, 11) is 1.46. The Labute approximate surface area is 176 Å². The summed E-state index contributed by atoms with van der Waals surface area (Å²) in [6.45, 7) is 9.79. The number of carbonyl (C=O) groups is 3. The predicted octanol–water partition coefficient (Wildman–Crippen LogP) is 2.39. The second-order valence-electron chi connectivity index (χ2n) is 8.44. The Morgan fingerprint density at radius 1 is 1.17 bits per heavy atom. The van der Waals surface area contributed by atoms with Gasteiger partial charge in [0.1, 0.15) is 11.4 Å². The summed E-state index contributed by atoms with van der Waals surface area (Å²) in [4.78, 5) is 38.8. The molecule has 0 spiro atoms. The first-order valence-corrected chi connectivity index (χ1v) is 9.77. The molecule has 1 aromatic carbocycles. The van der Waals surface area contributed by atoms with Crippen LogP contribution in [0.3, 0.4) is 0 Å². The van der Waals surface area contributed by atoms with Gasteiger partial charge >= 0.3 is 18.0 Å². The van der Waals surface area contributed by atoms with Crippen LogP contribution in [-0.4, -0.2) is 76.4 Å². The van der Waals surface area contributed by atoms with Gasteiger partial charge in [0.2, 0.25) is 0 Å². The molecule has 1 heterocycles. The Morgan fingerprint density at radius 3 is 2.30 bits per heavy atom. The average molecular weight is 422 g/mol. The molecule has 1 fully saturated rings. The number of amides is 1. The second kappa shape index (κ2) is 9.34. The molecule has 0 aliphatic carbocycles. The zero-order valence-electron chi connectivity index (χ0n) is 18.0. The van der Waals surface area contributed by atoms with Crippen molar-refractivity contribution in [3.63, 3.8) is 0 Å². The van der Waals surface area contributed by atoms with E-state index in [9.17, 15) is 24.6 Å². The highest BCUT2D eigenvalue weighted by molar-refractivity contribution is 5.99. The topological polar surface area (TPSA) is 117 Å². The Balaban J connectivity index is 2.09. The van der Waals surface area contributed by atoms with Gasteiger partial charge in [0, 0.05) is 37.8 Å². The van der Waals surface area contributed by atoms with Gasteiger partial charge in [0.05, 0.1) is 7.11 Å². The maximum atomic E-state index is 12.4.